The van der Waals surface area contributed by atoms with Crippen LogP contribution >= 0.6 is 11.8 Å². The number of benzene rings is 1. The average molecular weight is 319 g/mol. The second kappa shape index (κ2) is 6.32. The number of ether oxygens (including phenoxy) is 1. The predicted molar refractivity (Wildman–Crippen MR) is 87.0 cm³/mol. The maximum absolute atomic E-state index is 11.8. The third-order valence-corrected chi connectivity index (χ3v) is 5.54. The molecule has 1 aromatic rings. The van der Waals surface area contributed by atoms with E-state index in [1.54, 1.807) is 0 Å². The minimum atomic E-state index is -0.457. The third-order valence-electron chi connectivity index (χ3n) is 4.50. The van der Waals surface area contributed by atoms with E-state index in [4.69, 9.17) is 4.74 Å². The number of rotatable bonds is 4. The van der Waals surface area contributed by atoms with E-state index in [0.717, 1.165) is 23.1 Å². The summed E-state index contributed by atoms with van der Waals surface area (Å²) in [5.41, 5.74) is 1.07. The van der Waals surface area contributed by atoms with Gasteiger partial charge in [0, 0.05) is 5.41 Å². The monoisotopic (exact) mass is 319 g/mol. The molecule has 0 spiro atoms. The van der Waals surface area contributed by atoms with Crippen molar-refractivity contribution in [2.24, 2.45) is 5.41 Å². The molecule has 2 amide bonds. The number of thioether (sulfide) groups is 1. The summed E-state index contributed by atoms with van der Waals surface area (Å²) >= 11 is 1.03. The van der Waals surface area contributed by atoms with Crippen LogP contribution in [-0.4, -0.2) is 17.8 Å². The van der Waals surface area contributed by atoms with Gasteiger partial charge in [-0.05, 0) is 42.3 Å². The van der Waals surface area contributed by atoms with Gasteiger partial charge in [-0.3, -0.25) is 14.9 Å². The van der Waals surface area contributed by atoms with E-state index in [0.29, 0.717) is 6.61 Å². The highest BCUT2D eigenvalue weighted by molar-refractivity contribution is 8.15. The maximum Gasteiger partial charge on any atom is 0.286 e. The van der Waals surface area contributed by atoms with Crippen molar-refractivity contribution in [3.05, 3.63) is 29.8 Å². The molecule has 1 saturated heterocycles. The van der Waals surface area contributed by atoms with Crippen molar-refractivity contribution < 1.29 is 14.3 Å². The number of amides is 2. The fourth-order valence-corrected chi connectivity index (χ4v) is 3.97. The van der Waals surface area contributed by atoms with Crippen molar-refractivity contribution in [3.63, 3.8) is 0 Å². The third kappa shape index (κ3) is 3.46. The topological polar surface area (TPSA) is 55.4 Å². The van der Waals surface area contributed by atoms with Crippen molar-refractivity contribution in [2.45, 2.75) is 44.3 Å². The van der Waals surface area contributed by atoms with Crippen molar-refractivity contribution >= 4 is 22.9 Å². The van der Waals surface area contributed by atoms with Crippen LogP contribution in [-0.2, 0) is 4.79 Å². The average Bonchev–Trinajstić information content (AvgIpc) is 2.85. The van der Waals surface area contributed by atoms with Crippen molar-refractivity contribution in [1.82, 2.24) is 5.32 Å². The lowest BCUT2D eigenvalue weighted by atomic mass is 9.76. The fraction of sp³-hybridized carbons (Fsp3) is 0.529. The Kier molecular flexibility index (Phi) is 4.43. The Morgan fingerprint density at radius 2 is 2.05 bits per heavy atom. The van der Waals surface area contributed by atoms with Gasteiger partial charge < -0.3 is 4.74 Å². The van der Waals surface area contributed by atoms with Crippen LogP contribution in [0.5, 0.6) is 5.75 Å². The summed E-state index contributed by atoms with van der Waals surface area (Å²) in [6.45, 7) is 2.99. The van der Waals surface area contributed by atoms with Crippen molar-refractivity contribution in [1.29, 1.82) is 0 Å². The smallest absolute Gasteiger partial charge is 0.286 e. The van der Waals surface area contributed by atoms with Crippen LogP contribution in [0.2, 0.25) is 0 Å². The summed E-state index contributed by atoms with van der Waals surface area (Å²) in [5.74, 6) is 0.531. The molecule has 22 heavy (non-hydrogen) atoms. The molecule has 1 saturated carbocycles. The highest BCUT2D eigenvalue weighted by Crippen LogP contribution is 2.38. The molecule has 3 rings (SSSR count). The lowest BCUT2D eigenvalue weighted by Gasteiger charge is -2.33. The molecular weight excluding hydrogens is 298 g/mol. The molecule has 2 aliphatic rings. The van der Waals surface area contributed by atoms with E-state index in [9.17, 15) is 9.59 Å². The van der Waals surface area contributed by atoms with Gasteiger partial charge in [0.15, 0.2) is 0 Å². The molecule has 118 valence electrons. The molecule has 5 heteroatoms. The number of nitrogens with one attached hydrogen (secondary N) is 1. The zero-order valence-electron chi connectivity index (χ0n) is 12.8. The molecule has 1 atom stereocenters. The number of carbonyl (C=O) groups is 2. The first kappa shape index (κ1) is 15.4. The molecule has 1 aliphatic heterocycles. The Labute approximate surface area is 135 Å². The number of hydrogen-bond donors (Lipinski definition) is 1. The van der Waals surface area contributed by atoms with Gasteiger partial charge in [0.1, 0.15) is 11.0 Å². The van der Waals surface area contributed by atoms with E-state index in [2.05, 4.69) is 12.2 Å². The molecule has 1 N–H and O–H groups in total. The zero-order valence-corrected chi connectivity index (χ0v) is 13.6. The van der Waals surface area contributed by atoms with Gasteiger partial charge in [0.05, 0.1) is 6.61 Å². The molecule has 4 nitrogen and oxygen atoms in total. The molecule has 2 fully saturated rings. The summed E-state index contributed by atoms with van der Waals surface area (Å²) in [5, 5.41) is 1.58. The Morgan fingerprint density at radius 3 is 2.73 bits per heavy atom. The quantitative estimate of drug-likeness (QED) is 0.909. The van der Waals surface area contributed by atoms with Crippen molar-refractivity contribution in [3.8, 4) is 5.75 Å². The maximum atomic E-state index is 11.8. The number of hydrogen-bond acceptors (Lipinski definition) is 4. The van der Waals surface area contributed by atoms with Crippen LogP contribution in [0.1, 0.15) is 49.8 Å². The van der Waals surface area contributed by atoms with Gasteiger partial charge in [-0.1, -0.05) is 38.3 Å². The molecule has 0 radical (unpaired) electrons. The summed E-state index contributed by atoms with van der Waals surface area (Å²) < 4.78 is 5.98. The largest absolute Gasteiger partial charge is 0.493 e. The minimum Gasteiger partial charge on any atom is -0.493 e. The van der Waals surface area contributed by atoms with Gasteiger partial charge in [-0.25, -0.2) is 0 Å². The van der Waals surface area contributed by atoms with E-state index < -0.39 is 5.25 Å². The lowest BCUT2D eigenvalue weighted by molar-refractivity contribution is -0.119. The normalized spacial score (nSPS) is 24.1. The van der Waals surface area contributed by atoms with E-state index in [1.807, 2.05) is 24.3 Å². The van der Waals surface area contributed by atoms with Gasteiger partial charge in [0.25, 0.3) is 5.24 Å². The molecule has 0 unspecified atom stereocenters. The van der Waals surface area contributed by atoms with Crippen molar-refractivity contribution in [2.75, 3.05) is 6.61 Å². The molecule has 0 bridgehead atoms. The molecule has 1 heterocycles. The van der Waals surface area contributed by atoms with Crippen LogP contribution in [0, 0.1) is 5.41 Å². The summed E-state index contributed by atoms with van der Waals surface area (Å²) in [7, 11) is 0. The van der Waals surface area contributed by atoms with Crippen LogP contribution in [0.3, 0.4) is 0 Å². The number of imide groups is 1. The van der Waals surface area contributed by atoms with E-state index in [1.165, 1.54) is 32.1 Å². The lowest BCUT2D eigenvalue weighted by Crippen LogP contribution is -2.27. The molecule has 1 aromatic carbocycles. The van der Waals surface area contributed by atoms with Crippen LogP contribution < -0.4 is 10.1 Å². The standard InChI is InChI=1S/C17H21NO3S/c1-17(8-3-2-4-9-17)11-21-13-7-5-6-12(10-13)14-15(19)18-16(20)22-14/h5-7,10,14H,2-4,8-9,11H2,1H3,(H,18,19,20)/t14-/m0/s1. The second-order valence-corrected chi connectivity index (χ2v) is 7.58. The minimum absolute atomic E-state index is 0.244. The second-order valence-electron chi connectivity index (χ2n) is 6.51. The van der Waals surface area contributed by atoms with Crippen LogP contribution in [0.4, 0.5) is 4.79 Å². The van der Waals surface area contributed by atoms with Gasteiger partial charge in [-0.15, -0.1) is 0 Å². The van der Waals surface area contributed by atoms with E-state index >= 15 is 0 Å². The first-order valence-corrected chi connectivity index (χ1v) is 8.68. The first-order chi connectivity index (χ1) is 10.6. The Bertz CT molecular complexity index is 581. The van der Waals surface area contributed by atoms with Gasteiger partial charge in [0.2, 0.25) is 5.91 Å². The molecule has 0 aromatic heterocycles. The molecule has 1 aliphatic carbocycles. The Hall–Kier alpha value is -1.49. The van der Waals surface area contributed by atoms with E-state index in [-0.39, 0.29) is 16.6 Å². The number of carbonyl (C=O) groups excluding carboxylic acids is 2. The SMILES string of the molecule is CC1(COc2cccc([C@@H]3SC(=O)NC3=O)c2)CCCCC1. The Morgan fingerprint density at radius 1 is 1.27 bits per heavy atom. The fourth-order valence-electron chi connectivity index (χ4n) is 3.15. The van der Waals surface area contributed by atoms with Crippen LogP contribution in [0.15, 0.2) is 24.3 Å². The highest BCUT2D eigenvalue weighted by Gasteiger charge is 2.33. The zero-order chi connectivity index (χ0) is 15.6. The van der Waals surface area contributed by atoms with Gasteiger partial charge >= 0.3 is 0 Å². The highest BCUT2D eigenvalue weighted by atomic mass is 32.2. The van der Waals surface area contributed by atoms with Gasteiger partial charge in [-0.2, -0.15) is 0 Å². The summed E-state index contributed by atoms with van der Waals surface area (Å²) in [4.78, 5) is 23.1. The van der Waals surface area contributed by atoms with Crippen LogP contribution in [0.25, 0.3) is 0 Å². The first-order valence-electron chi connectivity index (χ1n) is 7.80. The summed E-state index contributed by atoms with van der Waals surface area (Å²) in [6, 6.07) is 7.53. The summed E-state index contributed by atoms with van der Waals surface area (Å²) in [6.07, 6.45) is 6.30. The molecular formula is C17H21NO3S. The Balaban J connectivity index is 1.66. The predicted octanol–water partition coefficient (Wildman–Crippen LogP) is 4.06.